The molecule has 3 aromatic rings. The lowest BCUT2D eigenvalue weighted by atomic mass is 10.2. The molecule has 1 saturated heterocycles. The maximum absolute atomic E-state index is 4.97. The summed E-state index contributed by atoms with van der Waals surface area (Å²) in [6, 6.07) is 12.7. The van der Waals surface area contributed by atoms with Gasteiger partial charge >= 0.3 is 0 Å². The molecule has 0 amide bonds. The van der Waals surface area contributed by atoms with Crippen molar-refractivity contribution in [3.05, 3.63) is 48.8 Å². The van der Waals surface area contributed by atoms with Gasteiger partial charge in [-0.1, -0.05) is 12.1 Å². The Morgan fingerprint density at radius 1 is 1.04 bits per heavy atom. The van der Waals surface area contributed by atoms with Crippen LogP contribution >= 0.6 is 11.8 Å². The van der Waals surface area contributed by atoms with Crippen LogP contribution in [0.1, 0.15) is 0 Å². The summed E-state index contributed by atoms with van der Waals surface area (Å²) in [7, 11) is 4.33. The monoisotopic (exact) mass is 365 g/mol. The highest BCUT2D eigenvalue weighted by molar-refractivity contribution is 7.99. The van der Waals surface area contributed by atoms with Gasteiger partial charge in [0.25, 0.3) is 0 Å². The first kappa shape index (κ1) is 17.2. The van der Waals surface area contributed by atoms with E-state index < -0.39 is 0 Å². The van der Waals surface area contributed by atoms with Crippen LogP contribution in [0.5, 0.6) is 0 Å². The zero-order chi connectivity index (χ0) is 18.1. The lowest BCUT2D eigenvalue weighted by molar-refractivity contribution is 0.320. The molecule has 1 aliphatic rings. The van der Waals surface area contributed by atoms with Gasteiger partial charge in [0.05, 0.1) is 5.52 Å². The van der Waals surface area contributed by atoms with Gasteiger partial charge in [0, 0.05) is 47.7 Å². The second-order valence-corrected chi connectivity index (χ2v) is 7.91. The van der Waals surface area contributed by atoms with Crippen LogP contribution in [-0.4, -0.2) is 64.6 Å². The molecular formula is C20H23N5S. The number of fused-ring (bicyclic) bond motifs is 1. The van der Waals surface area contributed by atoms with Gasteiger partial charge in [-0.3, -0.25) is 4.98 Å². The van der Waals surface area contributed by atoms with E-state index in [2.05, 4.69) is 53.3 Å². The minimum Gasteiger partial charge on any atom is -0.353 e. The van der Waals surface area contributed by atoms with Gasteiger partial charge in [0.1, 0.15) is 5.82 Å². The highest BCUT2D eigenvalue weighted by atomic mass is 32.2. The number of benzene rings is 1. The van der Waals surface area contributed by atoms with Crippen LogP contribution in [0.15, 0.2) is 48.8 Å². The van der Waals surface area contributed by atoms with Gasteiger partial charge in [0.2, 0.25) is 0 Å². The first-order valence-corrected chi connectivity index (χ1v) is 10.1. The summed E-state index contributed by atoms with van der Waals surface area (Å²) >= 11 is 1.94. The molecule has 26 heavy (non-hydrogen) atoms. The van der Waals surface area contributed by atoms with E-state index in [1.807, 2.05) is 30.0 Å². The van der Waals surface area contributed by atoms with Gasteiger partial charge in [0.15, 0.2) is 5.82 Å². The number of anilines is 1. The Labute approximate surface area is 158 Å². The first-order valence-electron chi connectivity index (χ1n) is 8.78. The molecule has 3 heterocycles. The maximum atomic E-state index is 4.97. The van der Waals surface area contributed by atoms with Crippen LogP contribution in [-0.2, 0) is 0 Å². The molecule has 1 fully saturated rings. The number of para-hydroxylation sites is 1. The van der Waals surface area contributed by atoms with Crippen molar-refractivity contribution in [2.45, 2.75) is 11.3 Å². The fourth-order valence-corrected chi connectivity index (χ4v) is 4.56. The van der Waals surface area contributed by atoms with Crippen molar-refractivity contribution in [2.75, 3.05) is 38.3 Å². The van der Waals surface area contributed by atoms with Crippen LogP contribution < -0.4 is 4.90 Å². The number of thioether (sulfide) groups is 1. The summed E-state index contributed by atoms with van der Waals surface area (Å²) in [5, 5.41) is 1.69. The highest BCUT2D eigenvalue weighted by Gasteiger charge is 2.35. The number of hydrogen-bond donors (Lipinski definition) is 0. The summed E-state index contributed by atoms with van der Waals surface area (Å²) < 4.78 is 0. The molecule has 0 aliphatic carbocycles. The Kier molecular flexibility index (Phi) is 4.78. The largest absolute Gasteiger partial charge is 0.353 e. The fraction of sp³-hybridized carbons (Fsp3) is 0.350. The topological polar surface area (TPSA) is 45.2 Å². The van der Waals surface area contributed by atoms with Gasteiger partial charge in [-0.15, -0.1) is 0 Å². The standard InChI is InChI=1S/C20H23N5S/c1-24(2)17-12-25(13-18(17)26-3)20-15-6-4-5-7-16(15)22-19(23-20)14-8-10-21-11-9-14/h4-11,17-18H,12-13H2,1-3H3/t17-,18-/m1/s1. The zero-order valence-electron chi connectivity index (χ0n) is 15.3. The average Bonchev–Trinajstić information content (AvgIpc) is 3.12. The highest BCUT2D eigenvalue weighted by Crippen LogP contribution is 2.33. The molecule has 134 valence electrons. The predicted molar refractivity (Wildman–Crippen MR) is 110 cm³/mol. The lowest BCUT2D eigenvalue weighted by Crippen LogP contribution is -2.36. The summed E-state index contributed by atoms with van der Waals surface area (Å²) in [6.45, 7) is 1.98. The number of nitrogens with zero attached hydrogens (tertiary/aromatic N) is 5. The Morgan fingerprint density at radius 3 is 2.50 bits per heavy atom. The molecule has 6 heteroatoms. The summed E-state index contributed by atoms with van der Waals surface area (Å²) in [6.07, 6.45) is 5.77. The molecule has 2 atom stereocenters. The van der Waals surface area contributed by atoms with Crippen molar-refractivity contribution in [1.82, 2.24) is 19.9 Å². The second-order valence-electron chi connectivity index (χ2n) is 6.83. The normalized spacial score (nSPS) is 20.2. The van der Waals surface area contributed by atoms with Gasteiger partial charge < -0.3 is 9.80 Å². The third kappa shape index (κ3) is 3.15. The molecule has 0 N–H and O–H groups in total. The minimum absolute atomic E-state index is 0.517. The van der Waals surface area contributed by atoms with Crippen LogP contribution in [0.25, 0.3) is 22.3 Å². The molecule has 0 radical (unpaired) electrons. The molecule has 1 aromatic carbocycles. The van der Waals surface area contributed by atoms with Crippen LogP contribution in [0, 0.1) is 0 Å². The predicted octanol–water partition coefficient (Wildman–Crippen LogP) is 3.17. The number of likely N-dealkylation sites (N-methyl/N-ethyl adjacent to an activating group) is 1. The van der Waals surface area contributed by atoms with Crippen molar-refractivity contribution in [1.29, 1.82) is 0 Å². The van der Waals surface area contributed by atoms with Gasteiger partial charge in [-0.25, -0.2) is 9.97 Å². The SMILES string of the molecule is CS[C@@H]1CN(c2nc(-c3ccncc3)nc3ccccc23)C[C@H]1N(C)C. The first-order chi connectivity index (χ1) is 12.7. The van der Waals surface area contributed by atoms with Gasteiger partial charge in [-0.05, 0) is 44.6 Å². The Morgan fingerprint density at radius 2 is 1.81 bits per heavy atom. The molecular weight excluding hydrogens is 342 g/mol. The third-order valence-corrected chi connectivity index (χ3v) is 6.09. The van der Waals surface area contributed by atoms with Crippen molar-refractivity contribution in [3.63, 3.8) is 0 Å². The van der Waals surface area contributed by atoms with Crippen molar-refractivity contribution >= 4 is 28.5 Å². The lowest BCUT2D eigenvalue weighted by Gasteiger charge is -2.23. The molecule has 1 aliphatic heterocycles. The number of rotatable bonds is 4. The minimum atomic E-state index is 0.517. The molecule has 5 nitrogen and oxygen atoms in total. The quantitative estimate of drug-likeness (QED) is 0.708. The van der Waals surface area contributed by atoms with E-state index in [-0.39, 0.29) is 0 Å². The average molecular weight is 366 g/mol. The zero-order valence-corrected chi connectivity index (χ0v) is 16.1. The molecule has 0 spiro atoms. The van der Waals surface area contributed by atoms with E-state index >= 15 is 0 Å². The van der Waals surface area contributed by atoms with Crippen LogP contribution in [0.4, 0.5) is 5.82 Å². The molecule has 0 unspecified atom stereocenters. The second kappa shape index (κ2) is 7.21. The molecule has 4 rings (SSSR count). The number of aromatic nitrogens is 3. The third-order valence-electron chi connectivity index (χ3n) is 5.02. The van der Waals surface area contributed by atoms with Crippen molar-refractivity contribution in [3.8, 4) is 11.4 Å². The Hall–Kier alpha value is -2.18. The fourth-order valence-electron chi connectivity index (χ4n) is 3.59. The maximum Gasteiger partial charge on any atom is 0.162 e. The van der Waals surface area contributed by atoms with E-state index in [9.17, 15) is 0 Å². The molecule has 0 saturated carbocycles. The van der Waals surface area contributed by atoms with E-state index in [0.29, 0.717) is 11.3 Å². The van der Waals surface area contributed by atoms with E-state index in [1.54, 1.807) is 12.4 Å². The summed E-state index contributed by atoms with van der Waals surface area (Å²) in [4.78, 5) is 18.6. The smallest absolute Gasteiger partial charge is 0.162 e. The van der Waals surface area contributed by atoms with Crippen LogP contribution in [0.3, 0.4) is 0 Å². The van der Waals surface area contributed by atoms with Gasteiger partial charge in [-0.2, -0.15) is 11.8 Å². The van der Waals surface area contributed by atoms with Crippen LogP contribution in [0.2, 0.25) is 0 Å². The van der Waals surface area contributed by atoms with E-state index in [0.717, 1.165) is 41.2 Å². The Bertz CT molecular complexity index is 899. The van der Waals surface area contributed by atoms with Crippen molar-refractivity contribution < 1.29 is 0 Å². The summed E-state index contributed by atoms with van der Waals surface area (Å²) in [5.74, 6) is 1.79. The number of pyridine rings is 1. The van der Waals surface area contributed by atoms with E-state index in [4.69, 9.17) is 9.97 Å². The summed E-state index contributed by atoms with van der Waals surface area (Å²) in [5.41, 5.74) is 1.98. The Balaban J connectivity index is 1.81. The van der Waals surface area contributed by atoms with E-state index in [1.165, 1.54) is 0 Å². The number of hydrogen-bond acceptors (Lipinski definition) is 6. The molecule has 0 bridgehead atoms. The molecule has 2 aromatic heterocycles. The van der Waals surface area contributed by atoms with Crippen molar-refractivity contribution in [2.24, 2.45) is 0 Å².